The third-order valence-electron chi connectivity index (χ3n) is 4.28. The van der Waals surface area contributed by atoms with Gasteiger partial charge in [-0.2, -0.15) is 0 Å². The molecular weight excluding hydrogens is 292 g/mol. The van der Waals surface area contributed by atoms with Crippen LogP contribution in [0.15, 0.2) is 79.0 Å². The monoisotopic (exact) mass is 308 g/mol. The molecule has 2 heteroatoms. The maximum Gasteiger partial charge on any atom is 0.188 e. The molecule has 0 unspecified atom stereocenters. The second kappa shape index (κ2) is 5.72. The number of rotatable bonds is 2. The van der Waals surface area contributed by atoms with Crippen LogP contribution in [-0.4, -0.2) is 4.57 Å². The van der Waals surface area contributed by atoms with Crippen molar-refractivity contribution < 1.29 is 0 Å². The van der Waals surface area contributed by atoms with Crippen molar-refractivity contribution >= 4 is 16.6 Å². The molecule has 3 aromatic carbocycles. The Balaban J connectivity index is 2.04. The maximum atomic E-state index is 7.32. The number of hydrogen-bond donors (Lipinski definition) is 0. The van der Waals surface area contributed by atoms with E-state index in [9.17, 15) is 0 Å². The molecule has 2 nitrogen and oxygen atoms in total. The standard InChI is InChI=1S/C22H16N2/c1-16-7-6-8-17(13-16)21-15-24(19-9-4-3-5-10-19)22-12-11-18(23-2)14-20(21)22/h3-15H,1H3. The molecule has 114 valence electrons. The number of benzene rings is 3. The molecule has 0 aliphatic rings. The van der Waals surface area contributed by atoms with Gasteiger partial charge in [0.15, 0.2) is 5.69 Å². The minimum atomic E-state index is 0.669. The van der Waals surface area contributed by atoms with E-state index in [2.05, 4.69) is 58.9 Å². The normalized spacial score (nSPS) is 10.7. The fourth-order valence-corrected chi connectivity index (χ4v) is 3.13. The van der Waals surface area contributed by atoms with Gasteiger partial charge in [-0.05, 0) is 42.1 Å². The first-order chi connectivity index (χ1) is 11.8. The van der Waals surface area contributed by atoms with Crippen molar-refractivity contribution in [2.45, 2.75) is 6.92 Å². The van der Waals surface area contributed by atoms with Gasteiger partial charge in [-0.1, -0.05) is 54.1 Å². The third-order valence-corrected chi connectivity index (χ3v) is 4.28. The molecule has 0 bridgehead atoms. The largest absolute Gasteiger partial charge is 0.316 e. The number of hydrogen-bond acceptors (Lipinski definition) is 0. The summed E-state index contributed by atoms with van der Waals surface area (Å²) < 4.78 is 2.20. The maximum absolute atomic E-state index is 7.32. The molecule has 4 aromatic rings. The van der Waals surface area contributed by atoms with Gasteiger partial charge in [0.05, 0.1) is 12.1 Å². The average Bonchev–Trinajstić information content (AvgIpc) is 3.01. The molecule has 0 fully saturated rings. The zero-order valence-corrected chi connectivity index (χ0v) is 13.4. The summed E-state index contributed by atoms with van der Waals surface area (Å²) in [5.74, 6) is 0. The fraction of sp³-hybridized carbons (Fsp3) is 0.0455. The van der Waals surface area contributed by atoms with E-state index >= 15 is 0 Å². The van der Waals surface area contributed by atoms with Crippen LogP contribution in [0, 0.1) is 13.5 Å². The van der Waals surface area contributed by atoms with E-state index in [4.69, 9.17) is 6.57 Å². The summed E-state index contributed by atoms with van der Waals surface area (Å²) in [6.45, 7) is 9.42. The van der Waals surface area contributed by atoms with E-state index in [1.807, 2.05) is 36.4 Å². The van der Waals surface area contributed by atoms with Crippen molar-refractivity contribution in [2.24, 2.45) is 0 Å². The van der Waals surface area contributed by atoms with E-state index < -0.39 is 0 Å². The lowest BCUT2D eigenvalue weighted by Gasteiger charge is -2.04. The molecule has 0 amide bonds. The van der Waals surface area contributed by atoms with Gasteiger partial charge in [0.25, 0.3) is 0 Å². The van der Waals surface area contributed by atoms with Crippen molar-refractivity contribution in [3.05, 3.63) is 96.0 Å². The lowest BCUT2D eigenvalue weighted by molar-refractivity contribution is 1.13. The average molecular weight is 308 g/mol. The van der Waals surface area contributed by atoms with Crippen molar-refractivity contribution in [3.8, 4) is 16.8 Å². The predicted octanol–water partition coefficient (Wildman–Crippen LogP) is 6.16. The summed E-state index contributed by atoms with van der Waals surface area (Å²) in [7, 11) is 0. The summed E-state index contributed by atoms with van der Waals surface area (Å²) >= 11 is 0. The van der Waals surface area contributed by atoms with E-state index in [-0.39, 0.29) is 0 Å². The zero-order valence-electron chi connectivity index (χ0n) is 13.4. The molecule has 0 saturated carbocycles. The highest BCUT2D eigenvalue weighted by Crippen LogP contribution is 2.35. The molecular formula is C22H16N2. The first-order valence-electron chi connectivity index (χ1n) is 7.91. The number of para-hydroxylation sites is 1. The van der Waals surface area contributed by atoms with Gasteiger partial charge in [-0.25, -0.2) is 4.85 Å². The van der Waals surface area contributed by atoms with Gasteiger partial charge < -0.3 is 4.57 Å². The molecule has 0 aliphatic heterocycles. The Bertz CT molecular complexity index is 1070. The highest BCUT2D eigenvalue weighted by molar-refractivity contribution is 5.99. The molecule has 24 heavy (non-hydrogen) atoms. The summed E-state index contributed by atoms with van der Waals surface area (Å²) in [4.78, 5) is 3.60. The number of nitrogens with zero attached hydrogens (tertiary/aromatic N) is 2. The molecule has 0 radical (unpaired) electrons. The lowest BCUT2D eigenvalue weighted by Crippen LogP contribution is -1.90. The topological polar surface area (TPSA) is 9.29 Å². The van der Waals surface area contributed by atoms with Crippen LogP contribution in [0.4, 0.5) is 5.69 Å². The van der Waals surface area contributed by atoms with Crippen molar-refractivity contribution in [1.29, 1.82) is 0 Å². The van der Waals surface area contributed by atoms with Crippen molar-refractivity contribution in [2.75, 3.05) is 0 Å². The van der Waals surface area contributed by atoms with Crippen LogP contribution in [0.2, 0.25) is 0 Å². The van der Waals surface area contributed by atoms with E-state index in [0.29, 0.717) is 5.69 Å². The number of fused-ring (bicyclic) bond motifs is 1. The Morgan fingerprint density at radius 3 is 2.46 bits per heavy atom. The van der Waals surface area contributed by atoms with E-state index in [1.54, 1.807) is 0 Å². The van der Waals surface area contributed by atoms with Gasteiger partial charge in [0.1, 0.15) is 0 Å². The Morgan fingerprint density at radius 2 is 1.71 bits per heavy atom. The molecule has 1 heterocycles. The minimum absolute atomic E-state index is 0.669. The van der Waals surface area contributed by atoms with Crippen LogP contribution in [0.3, 0.4) is 0 Å². The van der Waals surface area contributed by atoms with Crippen LogP contribution in [0.5, 0.6) is 0 Å². The highest BCUT2D eigenvalue weighted by Gasteiger charge is 2.12. The van der Waals surface area contributed by atoms with Gasteiger partial charge in [0, 0.05) is 17.4 Å². The van der Waals surface area contributed by atoms with Crippen LogP contribution in [0.25, 0.3) is 32.6 Å². The molecule has 0 atom stereocenters. The Hall–Kier alpha value is -3.31. The van der Waals surface area contributed by atoms with Gasteiger partial charge in [-0.15, -0.1) is 0 Å². The molecule has 0 N–H and O–H groups in total. The summed E-state index contributed by atoms with van der Waals surface area (Å²) in [5.41, 5.74) is 6.47. The number of aryl methyl sites for hydroxylation is 1. The summed E-state index contributed by atoms with van der Waals surface area (Å²) in [6, 6.07) is 24.7. The van der Waals surface area contributed by atoms with Crippen LogP contribution >= 0.6 is 0 Å². The zero-order chi connectivity index (χ0) is 16.5. The van der Waals surface area contributed by atoms with E-state index in [0.717, 1.165) is 22.2 Å². The predicted molar refractivity (Wildman–Crippen MR) is 99.7 cm³/mol. The first-order valence-corrected chi connectivity index (χ1v) is 7.91. The summed E-state index contributed by atoms with van der Waals surface area (Å²) in [6.07, 6.45) is 2.17. The second-order valence-corrected chi connectivity index (χ2v) is 5.93. The number of aromatic nitrogens is 1. The van der Waals surface area contributed by atoms with Crippen molar-refractivity contribution in [1.82, 2.24) is 4.57 Å². The molecule has 0 saturated heterocycles. The quantitative estimate of drug-likeness (QED) is 0.392. The fourth-order valence-electron chi connectivity index (χ4n) is 3.13. The van der Waals surface area contributed by atoms with Gasteiger partial charge in [0.2, 0.25) is 0 Å². The Morgan fingerprint density at radius 1 is 0.875 bits per heavy atom. The van der Waals surface area contributed by atoms with Crippen LogP contribution in [-0.2, 0) is 0 Å². The highest BCUT2D eigenvalue weighted by atomic mass is 15.0. The van der Waals surface area contributed by atoms with Gasteiger partial charge in [-0.3, -0.25) is 0 Å². The molecule has 0 spiro atoms. The molecule has 4 rings (SSSR count). The van der Waals surface area contributed by atoms with Crippen LogP contribution < -0.4 is 0 Å². The second-order valence-electron chi connectivity index (χ2n) is 5.93. The smallest absolute Gasteiger partial charge is 0.188 e. The Labute approximate surface area is 141 Å². The lowest BCUT2D eigenvalue weighted by atomic mass is 10.0. The molecule has 0 aliphatic carbocycles. The van der Waals surface area contributed by atoms with Crippen LogP contribution in [0.1, 0.15) is 5.56 Å². The SMILES string of the molecule is [C-]#[N+]c1ccc2c(c1)c(-c1cccc(C)c1)cn2-c1ccccc1. The van der Waals surface area contributed by atoms with E-state index in [1.165, 1.54) is 11.1 Å². The summed E-state index contributed by atoms with van der Waals surface area (Å²) in [5, 5.41) is 1.11. The van der Waals surface area contributed by atoms with Crippen molar-refractivity contribution in [3.63, 3.8) is 0 Å². The third kappa shape index (κ3) is 2.37. The molecule has 1 aromatic heterocycles. The first kappa shape index (κ1) is 14.3. The van der Waals surface area contributed by atoms with Gasteiger partial charge >= 0.3 is 0 Å². The Kier molecular flexibility index (Phi) is 3.40. The minimum Gasteiger partial charge on any atom is -0.316 e.